The molecule has 0 radical (unpaired) electrons. The van der Waals surface area contributed by atoms with Crippen molar-refractivity contribution in [2.24, 2.45) is 5.92 Å². The third kappa shape index (κ3) is 3.51. The smallest absolute Gasteiger partial charge is 0.261 e. The van der Waals surface area contributed by atoms with Crippen molar-refractivity contribution in [2.45, 2.75) is 25.3 Å². The maximum atomic E-state index is 12.9. The second-order valence-electron chi connectivity index (χ2n) is 6.90. The number of ether oxygens (including phenoxy) is 1. The third-order valence-corrected chi connectivity index (χ3v) is 4.95. The van der Waals surface area contributed by atoms with Crippen molar-refractivity contribution in [2.75, 3.05) is 19.8 Å². The van der Waals surface area contributed by atoms with Crippen molar-refractivity contribution < 1.29 is 9.53 Å². The van der Waals surface area contributed by atoms with Gasteiger partial charge >= 0.3 is 0 Å². The fourth-order valence-corrected chi connectivity index (χ4v) is 3.37. The highest BCUT2D eigenvalue weighted by Crippen LogP contribution is 2.30. The molecule has 25 heavy (non-hydrogen) atoms. The van der Waals surface area contributed by atoms with Crippen LogP contribution in [-0.2, 0) is 4.74 Å². The van der Waals surface area contributed by atoms with Crippen LogP contribution in [0.4, 0.5) is 0 Å². The topological polar surface area (TPSA) is 62.4 Å². The Morgan fingerprint density at radius 3 is 2.56 bits per heavy atom. The number of H-pyrrole nitrogens is 1. The molecule has 130 valence electrons. The minimum absolute atomic E-state index is 0.157. The first kappa shape index (κ1) is 16.1. The fraction of sp³-hybridized carbons (Fsp3) is 0.400. The van der Waals surface area contributed by atoms with Crippen LogP contribution in [0.15, 0.2) is 47.3 Å². The third-order valence-electron chi connectivity index (χ3n) is 4.95. The highest BCUT2D eigenvalue weighted by Gasteiger charge is 2.36. The van der Waals surface area contributed by atoms with E-state index in [1.54, 1.807) is 6.07 Å². The van der Waals surface area contributed by atoms with Crippen molar-refractivity contribution in [3.8, 4) is 11.3 Å². The number of hydrogen-bond acceptors (Lipinski definition) is 3. The second-order valence-corrected chi connectivity index (χ2v) is 6.90. The van der Waals surface area contributed by atoms with Gasteiger partial charge in [0.25, 0.3) is 11.5 Å². The SMILES string of the molecule is O=C(c1ccc(-c2ccccc2)[nH]c1=O)N(C[C@@H]1CCOC1)C1CC1. The number of pyridine rings is 1. The average molecular weight is 338 g/mol. The Morgan fingerprint density at radius 2 is 1.92 bits per heavy atom. The van der Waals surface area contributed by atoms with E-state index >= 15 is 0 Å². The van der Waals surface area contributed by atoms with E-state index in [-0.39, 0.29) is 23.1 Å². The molecule has 4 rings (SSSR count). The lowest BCUT2D eigenvalue weighted by Crippen LogP contribution is -2.39. The van der Waals surface area contributed by atoms with Gasteiger partial charge in [-0.05, 0) is 37.0 Å². The van der Waals surface area contributed by atoms with Gasteiger partial charge in [-0.1, -0.05) is 30.3 Å². The van der Waals surface area contributed by atoms with Crippen LogP contribution in [0.3, 0.4) is 0 Å². The molecule has 1 saturated carbocycles. The van der Waals surface area contributed by atoms with Gasteiger partial charge in [-0.2, -0.15) is 0 Å². The Hall–Kier alpha value is -2.40. The number of aromatic nitrogens is 1. The Balaban J connectivity index is 1.57. The molecular formula is C20H22N2O3. The predicted molar refractivity (Wildman–Crippen MR) is 95.5 cm³/mol. The van der Waals surface area contributed by atoms with Crippen LogP contribution in [0.1, 0.15) is 29.6 Å². The number of nitrogens with zero attached hydrogens (tertiary/aromatic N) is 1. The predicted octanol–water partition coefficient (Wildman–Crippen LogP) is 2.68. The maximum Gasteiger partial charge on any atom is 0.261 e. The molecule has 1 atom stereocenters. The Bertz CT molecular complexity index is 805. The maximum absolute atomic E-state index is 12.9. The van der Waals surface area contributed by atoms with Gasteiger partial charge in [-0.15, -0.1) is 0 Å². The number of aromatic amines is 1. The van der Waals surface area contributed by atoms with Gasteiger partial charge in [0.15, 0.2) is 0 Å². The van der Waals surface area contributed by atoms with Gasteiger partial charge in [0.2, 0.25) is 0 Å². The number of carbonyl (C=O) groups excluding carboxylic acids is 1. The molecule has 2 aromatic rings. The van der Waals surface area contributed by atoms with E-state index in [0.29, 0.717) is 19.1 Å². The molecule has 2 heterocycles. The van der Waals surface area contributed by atoms with Crippen molar-refractivity contribution in [3.63, 3.8) is 0 Å². The van der Waals surface area contributed by atoms with Crippen LogP contribution in [0.5, 0.6) is 0 Å². The van der Waals surface area contributed by atoms with E-state index in [1.165, 1.54) is 0 Å². The number of benzene rings is 1. The zero-order chi connectivity index (χ0) is 17.2. The lowest BCUT2D eigenvalue weighted by atomic mass is 10.1. The summed E-state index contributed by atoms with van der Waals surface area (Å²) in [7, 11) is 0. The molecule has 5 nitrogen and oxygen atoms in total. The molecule has 0 spiro atoms. The quantitative estimate of drug-likeness (QED) is 0.912. The van der Waals surface area contributed by atoms with Gasteiger partial charge < -0.3 is 14.6 Å². The summed E-state index contributed by atoms with van der Waals surface area (Å²) in [5.74, 6) is 0.225. The van der Waals surface area contributed by atoms with Crippen molar-refractivity contribution >= 4 is 5.91 Å². The van der Waals surface area contributed by atoms with Crippen LogP contribution in [0.25, 0.3) is 11.3 Å². The molecule has 1 aromatic heterocycles. The van der Waals surface area contributed by atoms with E-state index in [2.05, 4.69) is 4.98 Å². The molecule has 1 saturated heterocycles. The first-order valence-corrected chi connectivity index (χ1v) is 8.90. The minimum Gasteiger partial charge on any atom is -0.381 e. The summed E-state index contributed by atoms with van der Waals surface area (Å²) >= 11 is 0. The van der Waals surface area contributed by atoms with E-state index in [0.717, 1.165) is 37.1 Å². The highest BCUT2D eigenvalue weighted by molar-refractivity contribution is 5.94. The molecule has 1 aromatic carbocycles. The van der Waals surface area contributed by atoms with Crippen molar-refractivity contribution in [3.05, 3.63) is 58.4 Å². The standard InChI is InChI=1S/C20H22N2O3/c23-19-17(8-9-18(21-19)15-4-2-1-3-5-15)20(24)22(16-6-7-16)12-14-10-11-25-13-14/h1-5,8-9,14,16H,6-7,10-13H2,(H,21,23)/t14-/m0/s1. The average Bonchev–Trinajstić information content (AvgIpc) is 3.35. The van der Waals surface area contributed by atoms with Crippen molar-refractivity contribution in [1.29, 1.82) is 0 Å². The molecule has 5 heteroatoms. The monoisotopic (exact) mass is 338 g/mol. The molecular weight excluding hydrogens is 316 g/mol. The van der Waals surface area contributed by atoms with E-state index in [4.69, 9.17) is 4.74 Å². The van der Waals surface area contributed by atoms with Gasteiger partial charge in [-0.25, -0.2) is 0 Å². The minimum atomic E-state index is -0.320. The first-order chi connectivity index (χ1) is 12.2. The Morgan fingerprint density at radius 1 is 1.12 bits per heavy atom. The summed E-state index contributed by atoms with van der Waals surface area (Å²) in [6.45, 7) is 2.16. The zero-order valence-corrected chi connectivity index (χ0v) is 14.1. The van der Waals surface area contributed by atoms with E-state index < -0.39 is 0 Å². The largest absolute Gasteiger partial charge is 0.381 e. The highest BCUT2D eigenvalue weighted by atomic mass is 16.5. The Labute approximate surface area is 146 Å². The molecule has 1 amide bonds. The molecule has 0 unspecified atom stereocenters. The molecule has 0 bridgehead atoms. The van der Waals surface area contributed by atoms with E-state index in [1.807, 2.05) is 41.3 Å². The van der Waals surface area contributed by atoms with E-state index in [9.17, 15) is 9.59 Å². The number of nitrogens with one attached hydrogen (secondary N) is 1. The number of carbonyl (C=O) groups is 1. The molecule has 2 aliphatic rings. The van der Waals surface area contributed by atoms with Gasteiger partial charge in [0.05, 0.1) is 6.61 Å². The molecule has 1 aliphatic carbocycles. The first-order valence-electron chi connectivity index (χ1n) is 8.90. The molecule has 1 aliphatic heterocycles. The van der Waals surface area contributed by atoms with Gasteiger partial charge in [-0.3, -0.25) is 9.59 Å². The summed E-state index contributed by atoms with van der Waals surface area (Å²) in [5.41, 5.74) is 1.57. The lowest BCUT2D eigenvalue weighted by molar-refractivity contribution is 0.0704. The summed E-state index contributed by atoms with van der Waals surface area (Å²) in [6, 6.07) is 13.4. The van der Waals surface area contributed by atoms with Crippen LogP contribution >= 0.6 is 0 Å². The van der Waals surface area contributed by atoms with Crippen LogP contribution in [0.2, 0.25) is 0 Å². The summed E-state index contributed by atoms with van der Waals surface area (Å²) in [5, 5.41) is 0. The second kappa shape index (κ2) is 6.84. The summed E-state index contributed by atoms with van der Waals surface area (Å²) in [6.07, 6.45) is 3.04. The van der Waals surface area contributed by atoms with Crippen molar-refractivity contribution in [1.82, 2.24) is 9.88 Å². The number of rotatable bonds is 5. The van der Waals surface area contributed by atoms with Crippen LogP contribution in [0, 0.1) is 5.92 Å². The zero-order valence-electron chi connectivity index (χ0n) is 14.1. The molecule has 2 fully saturated rings. The summed E-state index contributed by atoms with van der Waals surface area (Å²) in [4.78, 5) is 30.2. The van der Waals surface area contributed by atoms with Gasteiger partial charge in [0.1, 0.15) is 5.56 Å². The molecule has 1 N–H and O–H groups in total. The number of amides is 1. The lowest BCUT2D eigenvalue weighted by Gasteiger charge is -2.25. The number of hydrogen-bond donors (Lipinski definition) is 1. The van der Waals surface area contributed by atoms with Crippen LogP contribution in [-0.4, -0.2) is 41.6 Å². The Kier molecular flexibility index (Phi) is 4.40. The van der Waals surface area contributed by atoms with Crippen LogP contribution < -0.4 is 5.56 Å². The summed E-state index contributed by atoms with van der Waals surface area (Å²) < 4.78 is 5.43. The fourth-order valence-electron chi connectivity index (χ4n) is 3.37. The van der Waals surface area contributed by atoms with Gasteiger partial charge in [0, 0.05) is 30.8 Å². The normalized spacial score (nSPS) is 19.8.